The number of amides is 2. The van der Waals surface area contributed by atoms with Crippen LogP contribution in [-0.4, -0.2) is 58.8 Å². The first-order valence-corrected chi connectivity index (χ1v) is 9.94. The number of allylic oxidation sites excluding steroid dienone is 2. The highest BCUT2D eigenvalue weighted by atomic mass is 19.4. The molecule has 4 N–H and O–H groups in total. The standard InChI is InChI=1S/C20H24F3N5O4/c1-11-8-15(26-27-18(11)32-10-20(21,22)23)12(2)28-9-14-13(19(28)31)4-6-24-16(14)17(30)25-5-3-7-29/h4,6,8,12,26-27,29H,3,5,7,9-10H2,1-2H3,(H,25,30). The summed E-state index contributed by atoms with van der Waals surface area (Å²) in [5.41, 5.74) is 7.36. The Bertz CT molecular complexity index is 961. The monoisotopic (exact) mass is 455 g/mol. The van der Waals surface area contributed by atoms with Gasteiger partial charge in [-0.1, -0.05) is 0 Å². The minimum absolute atomic E-state index is 0.0552. The smallest absolute Gasteiger partial charge is 0.422 e. The summed E-state index contributed by atoms with van der Waals surface area (Å²) < 4.78 is 41.9. The fourth-order valence-electron chi connectivity index (χ4n) is 3.38. The number of hydrogen-bond donors (Lipinski definition) is 4. The molecule has 0 saturated carbocycles. The van der Waals surface area contributed by atoms with Crippen LogP contribution >= 0.6 is 0 Å². The molecular weight excluding hydrogens is 431 g/mol. The number of rotatable bonds is 8. The highest BCUT2D eigenvalue weighted by molar-refractivity contribution is 6.03. The SMILES string of the molecule is CC1=C(OCC(F)(F)F)NNC(C(C)N2Cc3c(ccnc3C(=O)NCCCO)C2=O)=C1. The zero-order valence-corrected chi connectivity index (χ0v) is 17.5. The van der Waals surface area contributed by atoms with Gasteiger partial charge in [-0.3, -0.25) is 20.0 Å². The first-order chi connectivity index (χ1) is 15.1. The maximum atomic E-state index is 13.0. The normalized spacial score (nSPS) is 16.8. The second-order valence-electron chi connectivity index (χ2n) is 7.39. The lowest BCUT2D eigenvalue weighted by Gasteiger charge is -2.31. The van der Waals surface area contributed by atoms with Crippen molar-refractivity contribution >= 4 is 11.8 Å². The largest absolute Gasteiger partial charge is 0.468 e. The van der Waals surface area contributed by atoms with Gasteiger partial charge >= 0.3 is 6.18 Å². The van der Waals surface area contributed by atoms with E-state index in [0.29, 0.717) is 28.8 Å². The second-order valence-corrected chi connectivity index (χ2v) is 7.39. The van der Waals surface area contributed by atoms with E-state index in [1.807, 2.05) is 0 Å². The van der Waals surface area contributed by atoms with Gasteiger partial charge in [0.25, 0.3) is 11.8 Å². The Balaban J connectivity index is 1.75. The van der Waals surface area contributed by atoms with E-state index in [1.165, 1.54) is 11.1 Å². The number of aromatic nitrogens is 1. The third kappa shape index (κ3) is 5.13. The zero-order chi connectivity index (χ0) is 23.5. The molecule has 0 radical (unpaired) electrons. The predicted octanol–water partition coefficient (Wildman–Crippen LogP) is 1.34. The number of aliphatic hydroxyl groups excluding tert-OH is 1. The number of fused-ring (bicyclic) bond motifs is 1. The van der Waals surface area contributed by atoms with Crippen molar-refractivity contribution in [2.24, 2.45) is 0 Å². The Kier molecular flexibility index (Phi) is 6.92. The number of ether oxygens (including phenoxy) is 1. The first-order valence-electron chi connectivity index (χ1n) is 9.94. The molecule has 2 aliphatic heterocycles. The molecule has 0 aliphatic carbocycles. The Morgan fingerprint density at radius 1 is 1.41 bits per heavy atom. The lowest BCUT2D eigenvalue weighted by atomic mass is 10.1. The van der Waals surface area contributed by atoms with E-state index >= 15 is 0 Å². The molecule has 0 bridgehead atoms. The molecule has 0 aromatic carbocycles. The minimum atomic E-state index is -4.46. The molecule has 1 aromatic rings. The molecule has 174 valence electrons. The molecule has 1 atom stereocenters. The van der Waals surface area contributed by atoms with Gasteiger partial charge in [-0.05, 0) is 32.4 Å². The molecule has 1 aromatic heterocycles. The molecule has 0 spiro atoms. The first kappa shape index (κ1) is 23.4. The number of nitrogens with one attached hydrogen (secondary N) is 3. The summed E-state index contributed by atoms with van der Waals surface area (Å²) in [7, 11) is 0. The van der Waals surface area contributed by atoms with Crippen LogP contribution in [0.4, 0.5) is 13.2 Å². The molecule has 3 rings (SSSR count). The van der Waals surface area contributed by atoms with Gasteiger partial charge in [-0.2, -0.15) is 13.2 Å². The van der Waals surface area contributed by atoms with Crippen LogP contribution in [-0.2, 0) is 11.3 Å². The number of nitrogens with zero attached hydrogens (tertiary/aromatic N) is 2. The molecule has 2 aliphatic rings. The molecule has 3 heterocycles. The number of carbonyl (C=O) groups is 2. The lowest BCUT2D eigenvalue weighted by Crippen LogP contribution is -2.45. The lowest BCUT2D eigenvalue weighted by molar-refractivity contribution is -0.166. The Morgan fingerprint density at radius 2 is 2.16 bits per heavy atom. The van der Waals surface area contributed by atoms with E-state index in [9.17, 15) is 22.8 Å². The third-order valence-electron chi connectivity index (χ3n) is 5.06. The van der Waals surface area contributed by atoms with Crippen LogP contribution in [0.2, 0.25) is 0 Å². The summed E-state index contributed by atoms with van der Waals surface area (Å²) in [6.07, 6.45) is -1.07. The second kappa shape index (κ2) is 9.47. The maximum Gasteiger partial charge on any atom is 0.422 e. The van der Waals surface area contributed by atoms with Crippen LogP contribution in [0.5, 0.6) is 0 Å². The summed E-state index contributed by atoms with van der Waals surface area (Å²) >= 11 is 0. The van der Waals surface area contributed by atoms with E-state index in [1.54, 1.807) is 26.0 Å². The summed E-state index contributed by atoms with van der Waals surface area (Å²) in [4.78, 5) is 31.1. The van der Waals surface area contributed by atoms with Crippen LogP contribution in [0.15, 0.2) is 35.5 Å². The average Bonchev–Trinajstić information content (AvgIpc) is 3.08. The van der Waals surface area contributed by atoms with Gasteiger partial charge in [-0.15, -0.1) is 0 Å². The zero-order valence-electron chi connectivity index (χ0n) is 17.5. The van der Waals surface area contributed by atoms with Crippen molar-refractivity contribution in [1.29, 1.82) is 0 Å². The Morgan fingerprint density at radius 3 is 2.81 bits per heavy atom. The molecule has 12 heteroatoms. The molecule has 1 unspecified atom stereocenters. The van der Waals surface area contributed by atoms with Crippen LogP contribution < -0.4 is 16.2 Å². The molecule has 0 saturated heterocycles. The third-order valence-corrected chi connectivity index (χ3v) is 5.06. The van der Waals surface area contributed by atoms with E-state index in [0.717, 1.165) is 0 Å². The van der Waals surface area contributed by atoms with Crippen molar-refractivity contribution in [1.82, 2.24) is 26.1 Å². The molecular formula is C20H24F3N5O4. The van der Waals surface area contributed by atoms with Gasteiger partial charge in [0, 0.05) is 42.6 Å². The summed E-state index contributed by atoms with van der Waals surface area (Å²) in [5.74, 6) is -0.775. The van der Waals surface area contributed by atoms with Crippen LogP contribution in [0.1, 0.15) is 46.7 Å². The van der Waals surface area contributed by atoms with Crippen LogP contribution in [0.25, 0.3) is 0 Å². The Labute approximate surface area is 182 Å². The fourth-order valence-corrected chi connectivity index (χ4v) is 3.38. The van der Waals surface area contributed by atoms with Gasteiger partial charge in [0.1, 0.15) is 5.69 Å². The minimum Gasteiger partial charge on any atom is -0.468 e. The summed E-state index contributed by atoms with van der Waals surface area (Å²) in [6, 6.07) is 1.07. The maximum absolute atomic E-state index is 13.0. The number of pyridine rings is 1. The highest BCUT2D eigenvalue weighted by Crippen LogP contribution is 2.29. The van der Waals surface area contributed by atoms with Gasteiger partial charge < -0.3 is 25.5 Å². The number of halogens is 3. The van der Waals surface area contributed by atoms with Crippen molar-refractivity contribution in [2.75, 3.05) is 19.8 Å². The average molecular weight is 455 g/mol. The number of hydrazine groups is 1. The Hall–Kier alpha value is -3.28. The summed E-state index contributed by atoms with van der Waals surface area (Å²) in [6.45, 7) is 2.28. The van der Waals surface area contributed by atoms with Crippen molar-refractivity contribution in [3.63, 3.8) is 0 Å². The highest BCUT2D eigenvalue weighted by Gasteiger charge is 2.36. The number of aliphatic hydroxyl groups is 1. The fraction of sp³-hybridized carbons (Fsp3) is 0.450. The number of carbonyl (C=O) groups excluding carboxylic acids is 2. The molecule has 0 fully saturated rings. The van der Waals surface area contributed by atoms with Crippen LogP contribution in [0.3, 0.4) is 0 Å². The van der Waals surface area contributed by atoms with Gasteiger partial charge in [0.05, 0.1) is 11.7 Å². The van der Waals surface area contributed by atoms with Crippen molar-refractivity contribution in [3.05, 3.63) is 52.3 Å². The topological polar surface area (TPSA) is 116 Å². The van der Waals surface area contributed by atoms with Gasteiger partial charge in [-0.25, -0.2) is 0 Å². The van der Waals surface area contributed by atoms with Gasteiger partial charge in [0.2, 0.25) is 5.88 Å². The van der Waals surface area contributed by atoms with E-state index in [2.05, 4.69) is 21.2 Å². The van der Waals surface area contributed by atoms with Crippen LogP contribution in [0, 0.1) is 0 Å². The number of hydrogen-bond acceptors (Lipinski definition) is 7. The van der Waals surface area contributed by atoms with Crippen molar-refractivity contribution in [3.8, 4) is 0 Å². The van der Waals surface area contributed by atoms with Crippen molar-refractivity contribution in [2.45, 2.75) is 39.0 Å². The summed E-state index contributed by atoms with van der Waals surface area (Å²) in [5, 5.41) is 11.5. The number of alkyl halides is 3. The van der Waals surface area contributed by atoms with E-state index in [4.69, 9.17) is 9.84 Å². The predicted molar refractivity (Wildman–Crippen MR) is 107 cm³/mol. The quantitative estimate of drug-likeness (QED) is 0.437. The molecule has 2 amide bonds. The molecule has 32 heavy (non-hydrogen) atoms. The van der Waals surface area contributed by atoms with Crippen molar-refractivity contribution < 1.29 is 32.6 Å². The van der Waals surface area contributed by atoms with Gasteiger partial charge in [0.15, 0.2) is 6.61 Å². The molecule has 9 nitrogen and oxygen atoms in total. The van der Waals surface area contributed by atoms with E-state index in [-0.39, 0.29) is 37.2 Å². The van der Waals surface area contributed by atoms with E-state index < -0.39 is 24.7 Å².